The Hall–Kier alpha value is -4.63. The van der Waals surface area contributed by atoms with Crippen molar-refractivity contribution in [2.45, 2.75) is 38.4 Å². The summed E-state index contributed by atoms with van der Waals surface area (Å²) in [5.74, 6) is 0. The Morgan fingerprint density at radius 1 is 1.14 bits per heavy atom. The Morgan fingerprint density at radius 3 is 2.52 bits per heavy atom. The number of quaternary nitrogens is 1. The maximum absolute atomic E-state index is 13.8. The first-order valence-electron chi connectivity index (χ1n) is 13.5. The number of benzene rings is 2. The van der Waals surface area contributed by atoms with Crippen LogP contribution < -0.4 is 11.0 Å². The molecule has 1 N–H and O–H groups in total. The summed E-state index contributed by atoms with van der Waals surface area (Å²) >= 11 is 0. The highest BCUT2D eigenvalue weighted by atomic mass is 19.4. The van der Waals surface area contributed by atoms with E-state index in [0.29, 0.717) is 28.0 Å². The third kappa shape index (κ3) is 5.73. The molecule has 2 heterocycles. The fourth-order valence-electron chi connectivity index (χ4n) is 4.87. The average Bonchev–Trinajstić information content (AvgIpc) is 3.53. The van der Waals surface area contributed by atoms with E-state index in [9.17, 15) is 22.8 Å². The molecule has 0 atom stereocenters. The third-order valence-corrected chi connectivity index (χ3v) is 7.18. The molecule has 1 aliphatic carbocycles. The van der Waals surface area contributed by atoms with E-state index < -0.39 is 23.5 Å². The molecule has 0 saturated heterocycles. The summed E-state index contributed by atoms with van der Waals surface area (Å²) in [5.41, 5.74) is 1.17. The minimum atomic E-state index is -4.61. The van der Waals surface area contributed by atoms with Gasteiger partial charge in [0.15, 0.2) is 5.69 Å². The summed E-state index contributed by atoms with van der Waals surface area (Å²) in [4.78, 5) is 30.9. The van der Waals surface area contributed by atoms with Crippen LogP contribution in [0.2, 0.25) is 0 Å². The van der Waals surface area contributed by atoms with Gasteiger partial charge in [0.1, 0.15) is 5.69 Å². The lowest BCUT2D eigenvalue weighted by molar-refractivity contribution is -0.870. The van der Waals surface area contributed by atoms with Crippen LogP contribution in [0, 0.1) is 13.5 Å². The zero-order chi connectivity index (χ0) is 30.4. The van der Waals surface area contributed by atoms with Gasteiger partial charge in [-0.15, -0.1) is 0 Å². The molecule has 0 spiro atoms. The van der Waals surface area contributed by atoms with Gasteiger partial charge in [0, 0.05) is 12.5 Å². The number of nitrogens with zero attached hydrogens (tertiary/aromatic N) is 6. The molecule has 0 bridgehead atoms. The quantitative estimate of drug-likeness (QED) is 0.238. The number of hydrogen-bond donors (Lipinski definition) is 1. The lowest BCUT2D eigenvalue weighted by Gasteiger charge is -2.24. The van der Waals surface area contributed by atoms with Gasteiger partial charge in [-0.25, -0.2) is 23.7 Å². The van der Waals surface area contributed by atoms with E-state index in [2.05, 4.69) is 36.4 Å². The molecule has 1 amide bonds. The normalized spacial score (nSPS) is 13.7. The molecule has 2 aromatic carbocycles. The third-order valence-electron chi connectivity index (χ3n) is 7.18. The van der Waals surface area contributed by atoms with E-state index in [-0.39, 0.29) is 23.1 Å². The van der Waals surface area contributed by atoms with Crippen molar-refractivity contribution in [1.29, 1.82) is 0 Å². The van der Waals surface area contributed by atoms with Crippen LogP contribution in [0.5, 0.6) is 0 Å². The van der Waals surface area contributed by atoms with Crippen molar-refractivity contribution in [3.8, 4) is 22.8 Å². The van der Waals surface area contributed by atoms with E-state index in [1.54, 1.807) is 35.9 Å². The zero-order valence-electron chi connectivity index (χ0n) is 23.7. The van der Waals surface area contributed by atoms with Crippen LogP contribution in [0.3, 0.4) is 0 Å². The number of aromatic nitrogens is 4. The summed E-state index contributed by atoms with van der Waals surface area (Å²) in [6, 6.07) is 10.6. The second-order valence-electron chi connectivity index (χ2n) is 11.5. The van der Waals surface area contributed by atoms with E-state index in [4.69, 9.17) is 6.57 Å². The van der Waals surface area contributed by atoms with Crippen LogP contribution in [0.25, 0.3) is 27.6 Å². The molecule has 0 aliphatic heterocycles. The molecule has 12 heteroatoms. The fraction of sp³-hybridized carbons (Fsp3) is 0.333. The zero-order valence-corrected chi connectivity index (χ0v) is 23.7. The maximum atomic E-state index is 13.8. The Morgan fingerprint density at radius 2 is 1.88 bits per heavy atom. The molecule has 218 valence electrons. The van der Waals surface area contributed by atoms with Gasteiger partial charge < -0.3 is 9.80 Å². The van der Waals surface area contributed by atoms with E-state index in [1.165, 1.54) is 18.3 Å². The molecule has 1 saturated carbocycles. The van der Waals surface area contributed by atoms with Gasteiger partial charge in [0.25, 0.3) is 0 Å². The fourth-order valence-corrected chi connectivity index (χ4v) is 4.87. The first-order valence-corrected chi connectivity index (χ1v) is 13.5. The lowest BCUT2D eigenvalue weighted by atomic mass is 10.1. The number of likely N-dealkylation sites (N-methyl/N-ethyl adjacent to an activating group) is 1. The molecule has 2 aromatic heterocycles. The number of imidazole rings is 1. The summed E-state index contributed by atoms with van der Waals surface area (Å²) in [6.07, 6.45) is -0.883. The number of alkyl halides is 3. The van der Waals surface area contributed by atoms with Crippen molar-refractivity contribution >= 4 is 11.7 Å². The van der Waals surface area contributed by atoms with Gasteiger partial charge in [-0.3, -0.25) is 4.57 Å². The second-order valence-corrected chi connectivity index (χ2v) is 11.5. The predicted molar refractivity (Wildman–Crippen MR) is 152 cm³/mol. The van der Waals surface area contributed by atoms with Crippen molar-refractivity contribution < 1.29 is 22.4 Å². The number of carbonyl (C=O) groups is 1. The smallest absolute Gasteiger partial charge is 0.335 e. The molecule has 42 heavy (non-hydrogen) atoms. The van der Waals surface area contributed by atoms with Gasteiger partial charge in [0.05, 0.1) is 68.8 Å². The van der Waals surface area contributed by atoms with Crippen LogP contribution in [0.1, 0.15) is 29.7 Å². The molecular formula is C30H31F3N7O2+. The van der Waals surface area contributed by atoms with E-state index >= 15 is 0 Å². The maximum Gasteiger partial charge on any atom is 0.416 e. The van der Waals surface area contributed by atoms with Gasteiger partial charge in [-0.1, -0.05) is 18.2 Å². The van der Waals surface area contributed by atoms with Crippen molar-refractivity contribution in [2.24, 2.45) is 0 Å². The molecular weight excluding hydrogens is 547 g/mol. The van der Waals surface area contributed by atoms with Crippen LogP contribution in [-0.4, -0.2) is 63.2 Å². The largest absolute Gasteiger partial charge is 0.416 e. The predicted octanol–water partition coefficient (Wildman–Crippen LogP) is 5.34. The van der Waals surface area contributed by atoms with Crippen molar-refractivity contribution in [2.75, 3.05) is 27.7 Å². The molecule has 4 aromatic rings. The highest BCUT2D eigenvalue weighted by Gasteiger charge is 2.33. The van der Waals surface area contributed by atoms with Gasteiger partial charge in [-0.05, 0) is 55.7 Å². The molecule has 0 radical (unpaired) electrons. The number of nitrogens with one attached hydrogen (secondary N) is 1. The molecule has 0 unspecified atom stereocenters. The Balaban J connectivity index is 1.72. The summed E-state index contributed by atoms with van der Waals surface area (Å²) < 4.78 is 45.0. The van der Waals surface area contributed by atoms with Crippen molar-refractivity contribution in [3.05, 3.63) is 93.5 Å². The summed E-state index contributed by atoms with van der Waals surface area (Å²) in [7, 11) is 6.19. The number of hydrogen-bond acceptors (Lipinski definition) is 3. The number of rotatable bonds is 7. The van der Waals surface area contributed by atoms with Crippen LogP contribution >= 0.6 is 0 Å². The second kappa shape index (κ2) is 10.6. The Bertz CT molecular complexity index is 1760. The average molecular weight is 579 g/mol. The van der Waals surface area contributed by atoms with Gasteiger partial charge in [-0.2, -0.15) is 18.3 Å². The molecule has 1 aliphatic rings. The highest BCUT2D eigenvalue weighted by molar-refractivity contribution is 5.83. The SMILES string of the molecule is [C-]#[N+]c1ccc(-n2nccc2-c2c(C)n(-c3cccc(C(F)(F)F)c3)c(=O)n2C(=O)NC2CC2)c(CC[N+](C)(C)C)c1. The first-order chi connectivity index (χ1) is 19.8. The monoisotopic (exact) mass is 578 g/mol. The van der Waals surface area contributed by atoms with E-state index in [1.807, 2.05) is 0 Å². The number of halogens is 3. The summed E-state index contributed by atoms with van der Waals surface area (Å²) in [5, 5.41) is 7.35. The molecule has 9 nitrogen and oxygen atoms in total. The molecule has 1 fully saturated rings. The minimum Gasteiger partial charge on any atom is -0.335 e. The number of carbonyl (C=O) groups excluding carboxylic acids is 1. The van der Waals surface area contributed by atoms with Crippen LogP contribution in [-0.2, 0) is 12.6 Å². The minimum absolute atomic E-state index is 0.0114. The van der Waals surface area contributed by atoms with E-state index in [0.717, 1.165) is 46.2 Å². The van der Waals surface area contributed by atoms with Crippen LogP contribution in [0.15, 0.2) is 59.5 Å². The Kier molecular flexibility index (Phi) is 7.32. The standard InChI is InChI=1S/C30H30F3N7O2/c1-19-27(26-13-15-35-39(26)25-12-11-23(34-2)17-20(25)14-16-40(3,4)5)38(28(41)36-22-9-10-22)29(42)37(19)24-8-6-7-21(18-24)30(31,32)33/h6-8,11-13,15,17-18,22H,9-10,14,16H2,1,3-5H3/p+1. The lowest BCUT2D eigenvalue weighted by Crippen LogP contribution is -2.38. The molecule has 5 rings (SSSR count). The van der Waals surface area contributed by atoms with Gasteiger partial charge >= 0.3 is 17.9 Å². The van der Waals surface area contributed by atoms with Crippen molar-refractivity contribution in [1.82, 2.24) is 24.2 Å². The van der Waals surface area contributed by atoms with Crippen molar-refractivity contribution in [3.63, 3.8) is 0 Å². The first kappa shape index (κ1) is 28.9. The summed E-state index contributed by atoms with van der Waals surface area (Å²) in [6.45, 7) is 9.85. The highest BCUT2D eigenvalue weighted by Crippen LogP contribution is 2.33. The van der Waals surface area contributed by atoms with Crippen LogP contribution in [0.4, 0.5) is 23.7 Å². The topological polar surface area (TPSA) is 78.2 Å². The number of amides is 1. The Labute approximate surface area is 240 Å². The van der Waals surface area contributed by atoms with Gasteiger partial charge in [0.2, 0.25) is 0 Å².